The van der Waals surface area contributed by atoms with Gasteiger partial charge >= 0.3 is 0 Å². The van der Waals surface area contributed by atoms with E-state index in [4.69, 9.17) is 5.73 Å². The third kappa shape index (κ3) is 1.81. The van der Waals surface area contributed by atoms with Crippen LogP contribution in [0.5, 0.6) is 0 Å². The van der Waals surface area contributed by atoms with Crippen molar-refractivity contribution in [2.75, 3.05) is 11.1 Å². The van der Waals surface area contributed by atoms with E-state index in [-0.39, 0.29) is 11.8 Å². The van der Waals surface area contributed by atoms with Crippen molar-refractivity contribution >= 4 is 28.1 Å². The van der Waals surface area contributed by atoms with Gasteiger partial charge in [0.2, 0.25) is 5.91 Å². The third-order valence-electron chi connectivity index (χ3n) is 4.08. The monoisotopic (exact) mass is 287 g/mol. The minimum atomic E-state index is -0.0565. The Morgan fingerprint density at radius 2 is 2.15 bits per heavy atom. The first kappa shape index (κ1) is 13.1. The highest BCUT2D eigenvalue weighted by molar-refractivity contribution is 7.13. The van der Waals surface area contributed by atoms with E-state index in [0.29, 0.717) is 5.13 Å². The molecule has 2 heterocycles. The standard InChI is InChI=1S/C15H17N3OS/c1-4-9-11-5-10(12-6-20-15(16)17-12)7(2)8(3)13(11)18-14(9)19/h5-6,9H,4H2,1-3H3,(H2,16,17)(H,18,19). The fourth-order valence-electron chi connectivity index (χ4n) is 2.82. The van der Waals surface area contributed by atoms with Gasteiger partial charge < -0.3 is 11.1 Å². The number of aromatic nitrogens is 1. The van der Waals surface area contributed by atoms with Gasteiger partial charge in [-0.2, -0.15) is 0 Å². The van der Waals surface area contributed by atoms with Crippen LogP contribution in [-0.2, 0) is 4.79 Å². The second kappa shape index (κ2) is 4.59. The normalized spacial score (nSPS) is 17.1. The summed E-state index contributed by atoms with van der Waals surface area (Å²) in [6.07, 6.45) is 0.806. The summed E-state index contributed by atoms with van der Waals surface area (Å²) in [6, 6.07) is 2.10. The van der Waals surface area contributed by atoms with Gasteiger partial charge in [-0.3, -0.25) is 4.79 Å². The second-order valence-electron chi connectivity index (χ2n) is 5.16. The van der Waals surface area contributed by atoms with Crippen molar-refractivity contribution in [3.8, 4) is 11.3 Å². The molecule has 0 spiro atoms. The predicted octanol–water partition coefficient (Wildman–Crippen LogP) is 3.45. The largest absolute Gasteiger partial charge is 0.375 e. The fourth-order valence-corrected chi connectivity index (χ4v) is 3.38. The van der Waals surface area contributed by atoms with Gasteiger partial charge in [-0.15, -0.1) is 11.3 Å². The summed E-state index contributed by atoms with van der Waals surface area (Å²) in [4.78, 5) is 16.4. The van der Waals surface area contributed by atoms with E-state index in [1.807, 2.05) is 19.2 Å². The van der Waals surface area contributed by atoms with Gasteiger partial charge in [0.25, 0.3) is 0 Å². The maximum Gasteiger partial charge on any atom is 0.232 e. The molecule has 1 aromatic carbocycles. The number of hydrogen-bond donors (Lipinski definition) is 2. The minimum absolute atomic E-state index is 0.0565. The van der Waals surface area contributed by atoms with Crippen LogP contribution in [0.4, 0.5) is 10.8 Å². The van der Waals surface area contributed by atoms with Gasteiger partial charge in [0, 0.05) is 16.6 Å². The molecule has 1 aliphatic heterocycles. The summed E-state index contributed by atoms with van der Waals surface area (Å²) in [5.74, 6) is 0.0407. The molecule has 3 rings (SSSR count). The van der Waals surface area contributed by atoms with Crippen LogP contribution in [0.2, 0.25) is 0 Å². The van der Waals surface area contributed by atoms with Crippen molar-refractivity contribution in [3.05, 3.63) is 28.1 Å². The molecule has 1 amide bonds. The van der Waals surface area contributed by atoms with Crippen molar-refractivity contribution in [1.82, 2.24) is 4.98 Å². The summed E-state index contributed by atoms with van der Waals surface area (Å²) < 4.78 is 0. The first-order valence-corrected chi connectivity index (χ1v) is 7.57. The molecule has 0 fully saturated rings. The van der Waals surface area contributed by atoms with Crippen LogP contribution in [0.1, 0.15) is 36.0 Å². The van der Waals surface area contributed by atoms with E-state index in [2.05, 4.69) is 23.3 Å². The van der Waals surface area contributed by atoms with Crippen molar-refractivity contribution < 1.29 is 4.79 Å². The van der Waals surface area contributed by atoms with Crippen LogP contribution >= 0.6 is 11.3 Å². The molecule has 0 saturated heterocycles. The molecule has 20 heavy (non-hydrogen) atoms. The Morgan fingerprint density at radius 3 is 2.75 bits per heavy atom. The van der Waals surface area contributed by atoms with E-state index < -0.39 is 0 Å². The van der Waals surface area contributed by atoms with Crippen LogP contribution < -0.4 is 11.1 Å². The number of amides is 1. The van der Waals surface area contributed by atoms with E-state index in [9.17, 15) is 4.79 Å². The van der Waals surface area contributed by atoms with Crippen LogP contribution in [0.25, 0.3) is 11.3 Å². The molecule has 0 aliphatic carbocycles. The van der Waals surface area contributed by atoms with E-state index in [1.54, 1.807) is 0 Å². The van der Waals surface area contributed by atoms with Crippen LogP contribution in [0, 0.1) is 13.8 Å². The number of nitrogens with two attached hydrogens (primary N) is 1. The predicted molar refractivity (Wildman–Crippen MR) is 83.1 cm³/mol. The Hall–Kier alpha value is -1.88. The number of anilines is 2. The Kier molecular flexibility index (Phi) is 3.01. The zero-order valence-corrected chi connectivity index (χ0v) is 12.6. The van der Waals surface area contributed by atoms with E-state index in [0.717, 1.165) is 40.1 Å². The van der Waals surface area contributed by atoms with Crippen molar-refractivity contribution in [2.24, 2.45) is 0 Å². The quantitative estimate of drug-likeness (QED) is 0.889. The maximum atomic E-state index is 12.0. The molecule has 0 bridgehead atoms. The number of hydrogen-bond acceptors (Lipinski definition) is 4. The SMILES string of the molecule is CCC1C(=O)Nc2c1cc(-c1csc(N)n1)c(C)c2C. The number of rotatable bonds is 2. The fraction of sp³-hybridized carbons (Fsp3) is 0.333. The number of benzene rings is 1. The van der Waals surface area contributed by atoms with E-state index in [1.165, 1.54) is 11.3 Å². The third-order valence-corrected chi connectivity index (χ3v) is 4.75. The Balaban J connectivity index is 2.22. The lowest BCUT2D eigenvalue weighted by Crippen LogP contribution is -2.10. The molecule has 2 aromatic rings. The topological polar surface area (TPSA) is 68.0 Å². The molecule has 1 unspecified atom stereocenters. The highest BCUT2D eigenvalue weighted by Crippen LogP contribution is 2.42. The summed E-state index contributed by atoms with van der Waals surface area (Å²) in [7, 11) is 0. The second-order valence-corrected chi connectivity index (χ2v) is 6.05. The Labute approximate surface area is 122 Å². The van der Waals surface area contributed by atoms with Gasteiger partial charge in [0.05, 0.1) is 11.6 Å². The molecular formula is C15H17N3OS. The number of nitrogens with one attached hydrogen (secondary N) is 1. The van der Waals surface area contributed by atoms with Crippen LogP contribution in [0.3, 0.4) is 0 Å². The lowest BCUT2D eigenvalue weighted by atomic mass is 9.90. The molecule has 1 aliphatic rings. The number of thiazole rings is 1. The van der Waals surface area contributed by atoms with Gasteiger partial charge in [0.15, 0.2) is 5.13 Å². The average molecular weight is 287 g/mol. The van der Waals surface area contributed by atoms with Crippen molar-refractivity contribution in [2.45, 2.75) is 33.1 Å². The lowest BCUT2D eigenvalue weighted by molar-refractivity contribution is -0.117. The molecule has 5 heteroatoms. The summed E-state index contributed by atoms with van der Waals surface area (Å²) in [5.41, 5.74) is 12.0. The van der Waals surface area contributed by atoms with Crippen molar-refractivity contribution in [3.63, 3.8) is 0 Å². The first-order valence-electron chi connectivity index (χ1n) is 6.69. The Morgan fingerprint density at radius 1 is 1.40 bits per heavy atom. The van der Waals surface area contributed by atoms with Crippen molar-refractivity contribution in [1.29, 1.82) is 0 Å². The molecule has 1 aromatic heterocycles. The van der Waals surface area contributed by atoms with E-state index >= 15 is 0 Å². The van der Waals surface area contributed by atoms with Crippen LogP contribution in [0.15, 0.2) is 11.4 Å². The molecule has 0 radical (unpaired) electrons. The highest BCUT2D eigenvalue weighted by atomic mass is 32.1. The summed E-state index contributed by atoms with van der Waals surface area (Å²) in [6.45, 7) is 6.15. The molecule has 0 saturated carbocycles. The summed E-state index contributed by atoms with van der Waals surface area (Å²) >= 11 is 1.44. The zero-order chi connectivity index (χ0) is 14.4. The number of nitrogen functional groups attached to an aromatic ring is 1. The number of carbonyl (C=O) groups is 1. The maximum absolute atomic E-state index is 12.0. The molecule has 104 valence electrons. The summed E-state index contributed by atoms with van der Waals surface area (Å²) in [5, 5.41) is 5.55. The zero-order valence-electron chi connectivity index (χ0n) is 11.8. The smallest absolute Gasteiger partial charge is 0.232 e. The number of nitrogens with zero attached hydrogens (tertiary/aromatic N) is 1. The van der Waals surface area contributed by atoms with Gasteiger partial charge in [0.1, 0.15) is 0 Å². The molecule has 4 nitrogen and oxygen atoms in total. The van der Waals surface area contributed by atoms with Crippen LogP contribution in [-0.4, -0.2) is 10.9 Å². The lowest BCUT2D eigenvalue weighted by Gasteiger charge is -2.13. The average Bonchev–Trinajstić information content (AvgIpc) is 2.97. The molecular weight excluding hydrogens is 270 g/mol. The first-order chi connectivity index (χ1) is 9.52. The molecule has 1 atom stereocenters. The van der Waals surface area contributed by atoms with Gasteiger partial charge in [-0.25, -0.2) is 4.98 Å². The minimum Gasteiger partial charge on any atom is -0.375 e. The van der Waals surface area contributed by atoms with Gasteiger partial charge in [-0.1, -0.05) is 6.92 Å². The number of fused-ring (bicyclic) bond motifs is 1. The Bertz CT molecular complexity index is 705. The van der Waals surface area contributed by atoms with Gasteiger partial charge in [-0.05, 0) is 43.0 Å². The molecule has 3 N–H and O–H groups in total. The highest BCUT2D eigenvalue weighted by Gasteiger charge is 2.31. The number of carbonyl (C=O) groups excluding carboxylic acids is 1.